The molecule has 2 N–H and O–H groups in total. The first-order valence-corrected chi connectivity index (χ1v) is 8.65. The summed E-state index contributed by atoms with van der Waals surface area (Å²) in [6.45, 7) is 4.45. The second-order valence-corrected chi connectivity index (χ2v) is 6.53. The summed E-state index contributed by atoms with van der Waals surface area (Å²) < 4.78 is 1.82. The van der Waals surface area contributed by atoms with E-state index in [-0.39, 0.29) is 6.03 Å². The maximum absolute atomic E-state index is 12.0. The van der Waals surface area contributed by atoms with Crippen molar-refractivity contribution in [2.24, 2.45) is 0 Å². The molecule has 1 fully saturated rings. The van der Waals surface area contributed by atoms with Crippen molar-refractivity contribution in [3.8, 4) is 5.82 Å². The van der Waals surface area contributed by atoms with Crippen molar-refractivity contribution >= 4 is 6.03 Å². The number of urea groups is 1. The minimum atomic E-state index is -0.0930. The normalized spacial score (nSPS) is 15.2. The van der Waals surface area contributed by atoms with Gasteiger partial charge in [0.1, 0.15) is 0 Å². The summed E-state index contributed by atoms with van der Waals surface area (Å²) in [5.74, 6) is 0.788. The molecule has 2 aromatic heterocycles. The van der Waals surface area contributed by atoms with E-state index in [0.29, 0.717) is 12.6 Å². The second kappa shape index (κ2) is 7.47. The number of pyridine rings is 1. The zero-order valence-electron chi connectivity index (χ0n) is 14.4. The quantitative estimate of drug-likeness (QED) is 0.907. The molecule has 0 saturated heterocycles. The number of nitrogens with zero attached hydrogens (tertiary/aromatic N) is 3. The average molecular weight is 327 g/mol. The van der Waals surface area contributed by atoms with Crippen LogP contribution in [0.1, 0.15) is 49.1 Å². The molecule has 0 aliphatic heterocycles. The molecule has 2 aromatic rings. The van der Waals surface area contributed by atoms with Gasteiger partial charge in [-0.1, -0.05) is 25.3 Å². The molecule has 6 heteroatoms. The number of aromatic nitrogens is 3. The number of carbonyl (C=O) groups is 1. The van der Waals surface area contributed by atoms with Crippen LogP contribution in [0.3, 0.4) is 0 Å². The topological polar surface area (TPSA) is 71.8 Å². The Hall–Kier alpha value is -2.37. The SMILES string of the molecule is Cc1cc(C)n(-c2ccc(CNC(=O)NC3CCCCC3)cn2)n1. The van der Waals surface area contributed by atoms with Crippen LogP contribution in [-0.2, 0) is 6.54 Å². The molecule has 2 heterocycles. The number of hydrogen-bond donors (Lipinski definition) is 2. The number of hydrogen-bond acceptors (Lipinski definition) is 3. The second-order valence-electron chi connectivity index (χ2n) is 6.53. The first-order valence-electron chi connectivity index (χ1n) is 8.65. The highest BCUT2D eigenvalue weighted by molar-refractivity contribution is 5.74. The smallest absolute Gasteiger partial charge is 0.315 e. The highest BCUT2D eigenvalue weighted by Gasteiger charge is 2.15. The lowest BCUT2D eigenvalue weighted by molar-refractivity contribution is 0.232. The van der Waals surface area contributed by atoms with Gasteiger partial charge in [-0.25, -0.2) is 14.5 Å². The van der Waals surface area contributed by atoms with Crippen molar-refractivity contribution in [3.05, 3.63) is 41.3 Å². The average Bonchev–Trinajstić information content (AvgIpc) is 2.93. The van der Waals surface area contributed by atoms with E-state index in [1.807, 2.05) is 36.7 Å². The summed E-state index contributed by atoms with van der Waals surface area (Å²) in [6, 6.07) is 6.15. The van der Waals surface area contributed by atoms with Crippen LogP contribution >= 0.6 is 0 Å². The Morgan fingerprint density at radius 2 is 2.04 bits per heavy atom. The molecule has 3 rings (SSSR count). The summed E-state index contributed by atoms with van der Waals surface area (Å²) in [5.41, 5.74) is 3.00. The van der Waals surface area contributed by atoms with E-state index in [0.717, 1.165) is 35.6 Å². The van der Waals surface area contributed by atoms with Gasteiger partial charge in [0, 0.05) is 24.5 Å². The Morgan fingerprint density at radius 1 is 1.25 bits per heavy atom. The first-order chi connectivity index (χ1) is 11.6. The van der Waals surface area contributed by atoms with Crippen LogP contribution in [0.5, 0.6) is 0 Å². The fraction of sp³-hybridized carbons (Fsp3) is 0.500. The third kappa shape index (κ3) is 4.13. The Labute approximate surface area is 142 Å². The monoisotopic (exact) mass is 327 g/mol. The lowest BCUT2D eigenvalue weighted by Gasteiger charge is -2.22. The molecular weight excluding hydrogens is 302 g/mol. The largest absolute Gasteiger partial charge is 0.335 e. The maximum atomic E-state index is 12.0. The van der Waals surface area contributed by atoms with Crippen LogP contribution in [0, 0.1) is 13.8 Å². The molecule has 2 amide bonds. The molecule has 0 spiro atoms. The maximum Gasteiger partial charge on any atom is 0.315 e. The predicted octanol–water partition coefficient (Wildman–Crippen LogP) is 3.02. The number of carbonyl (C=O) groups excluding carboxylic acids is 1. The van der Waals surface area contributed by atoms with E-state index >= 15 is 0 Å². The van der Waals surface area contributed by atoms with E-state index < -0.39 is 0 Å². The Kier molecular flexibility index (Phi) is 5.13. The zero-order valence-corrected chi connectivity index (χ0v) is 14.4. The van der Waals surface area contributed by atoms with Gasteiger partial charge >= 0.3 is 6.03 Å². The van der Waals surface area contributed by atoms with Crippen molar-refractivity contribution in [1.82, 2.24) is 25.4 Å². The molecule has 1 aliphatic rings. The van der Waals surface area contributed by atoms with Gasteiger partial charge < -0.3 is 10.6 Å². The van der Waals surface area contributed by atoms with Crippen molar-refractivity contribution in [2.45, 2.75) is 58.5 Å². The standard InChI is InChI=1S/C18H25N5O/c1-13-10-14(2)23(22-13)17-9-8-15(11-19-17)12-20-18(24)21-16-6-4-3-5-7-16/h8-11,16H,3-7,12H2,1-2H3,(H2,20,21,24). The van der Waals surface area contributed by atoms with E-state index in [1.165, 1.54) is 19.3 Å². The lowest BCUT2D eigenvalue weighted by Crippen LogP contribution is -2.42. The van der Waals surface area contributed by atoms with Gasteiger partial charge in [-0.05, 0) is 44.4 Å². The number of nitrogens with one attached hydrogen (secondary N) is 2. The van der Waals surface area contributed by atoms with Crippen LogP contribution in [0.25, 0.3) is 5.82 Å². The summed E-state index contributed by atoms with van der Waals surface area (Å²) in [7, 11) is 0. The van der Waals surface area contributed by atoms with Gasteiger partial charge in [-0.15, -0.1) is 0 Å². The zero-order chi connectivity index (χ0) is 16.9. The summed E-state index contributed by atoms with van der Waals surface area (Å²) >= 11 is 0. The minimum Gasteiger partial charge on any atom is -0.335 e. The molecule has 1 aliphatic carbocycles. The lowest BCUT2D eigenvalue weighted by atomic mass is 9.96. The van der Waals surface area contributed by atoms with Crippen molar-refractivity contribution in [3.63, 3.8) is 0 Å². The van der Waals surface area contributed by atoms with Crippen LogP contribution in [0.15, 0.2) is 24.4 Å². The van der Waals surface area contributed by atoms with Gasteiger partial charge in [0.2, 0.25) is 0 Å². The van der Waals surface area contributed by atoms with Gasteiger partial charge in [0.25, 0.3) is 0 Å². The molecular formula is C18H25N5O. The molecule has 0 unspecified atom stereocenters. The minimum absolute atomic E-state index is 0.0930. The molecule has 24 heavy (non-hydrogen) atoms. The van der Waals surface area contributed by atoms with Crippen LogP contribution in [0.2, 0.25) is 0 Å². The predicted molar refractivity (Wildman–Crippen MR) is 93.1 cm³/mol. The molecule has 1 saturated carbocycles. The summed E-state index contributed by atoms with van der Waals surface area (Å²) in [6.07, 6.45) is 7.67. The van der Waals surface area contributed by atoms with Gasteiger partial charge in [0.15, 0.2) is 5.82 Å². The Balaban J connectivity index is 1.52. The van der Waals surface area contributed by atoms with Crippen LogP contribution in [0.4, 0.5) is 4.79 Å². The Bertz CT molecular complexity index is 686. The molecule has 0 aromatic carbocycles. The van der Waals surface area contributed by atoms with Crippen molar-refractivity contribution < 1.29 is 4.79 Å². The van der Waals surface area contributed by atoms with Gasteiger partial charge in [-0.2, -0.15) is 5.10 Å². The number of rotatable bonds is 4. The molecule has 0 atom stereocenters. The highest BCUT2D eigenvalue weighted by atomic mass is 16.2. The van der Waals surface area contributed by atoms with Crippen LogP contribution < -0.4 is 10.6 Å². The Morgan fingerprint density at radius 3 is 2.67 bits per heavy atom. The van der Waals surface area contributed by atoms with Crippen LogP contribution in [-0.4, -0.2) is 26.8 Å². The van der Waals surface area contributed by atoms with E-state index in [4.69, 9.17) is 0 Å². The molecule has 6 nitrogen and oxygen atoms in total. The third-order valence-electron chi connectivity index (χ3n) is 4.43. The van der Waals surface area contributed by atoms with Crippen molar-refractivity contribution in [1.29, 1.82) is 0 Å². The highest BCUT2D eigenvalue weighted by Crippen LogP contribution is 2.17. The third-order valence-corrected chi connectivity index (χ3v) is 4.43. The van der Waals surface area contributed by atoms with Gasteiger partial charge in [-0.3, -0.25) is 0 Å². The van der Waals surface area contributed by atoms with E-state index in [2.05, 4.69) is 20.7 Å². The first kappa shape index (κ1) is 16.5. The molecule has 128 valence electrons. The van der Waals surface area contributed by atoms with E-state index in [1.54, 1.807) is 6.20 Å². The fourth-order valence-electron chi connectivity index (χ4n) is 3.17. The van der Waals surface area contributed by atoms with Gasteiger partial charge in [0.05, 0.1) is 5.69 Å². The van der Waals surface area contributed by atoms with E-state index in [9.17, 15) is 4.79 Å². The molecule has 0 radical (unpaired) electrons. The number of amides is 2. The summed E-state index contributed by atoms with van der Waals surface area (Å²) in [4.78, 5) is 16.4. The van der Waals surface area contributed by atoms with Crippen molar-refractivity contribution in [2.75, 3.05) is 0 Å². The summed E-state index contributed by atoms with van der Waals surface area (Å²) in [5, 5.41) is 10.4. The number of aryl methyl sites for hydroxylation is 2. The fourth-order valence-corrected chi connectivity index (χ4v) is 3.17. The molecule has 0 bridgehead atoms.